The Hall–Kier alpha value is -2.42. The van der Waals surface area contributed by atoms with E-state index >= 15 is 0 Å². The van der Waals surface area contributed by atoms with E-state index in [9.17, 15) is 18.1 Å². The standard InChI is InChI=1S/C18H14ClF2N3O2S/c1-2-24-17(18(25)22-13-7-8-15(21)14(19)9-13)10-16(23-27(24)26)11-3-5-12(20)6-4-11/h3-10H,2H2,1H3,(H,22,25). The van der Waals surface area contributed by atoms with Gasteiger partial charge in [-0.2, -0.15) is 4.31 Å². The number of benzene rings is 2. The summed E-state index contributed by atoms with van der Waals surface area (Å²) < 4.78 is 44.2. The second-order valence-electron chi connectivity index (χ2n) is 5.52. The highest BCUT2D eigenvalue weighted by Gasteiger charge is 2.32. The minimum Gasteiger partial charge on any atom is -0.566 e. The van der Waals surface area contributed by atoms with Crippen molar-refractivity contribution in [3.8, 4) is 0 Å². The summed E-state index contributed by atoms with van der Waals surface area (Å²) in [6, 6.07) is 9.25. The molecule has 1 heterocycles. The van der Waals surface area contributed by atoms with Gasteiger partial charge in [0.25, 0.3) is 5.91 Å². The number of likely N-dealkylation sites (N-methyl/N-ethyl adjacent to an activating group) is 1. The van der Waals surface area contributed by atoms with Gasteiger partial charge in [-0.15, -0.1) is 0 Å². The molecule has 1 atom stereocenters. The van der Waals surface area contributed by atoms with Crippen LogP contribution in [0.3, 0.4) is 0 Å². The van der Waals surface area contributed by atoms with Crippen molar-refractivity contribution in [2.75, 3.05) is 11.9 Å². The van der Waals surface area contributed by atoms with Crippen LogP contribution in [0.5, 0.6) is 0 Å². The van der Waals surface area contributed by atoms with Crippen molar-refractivity contribution in [1.29, 1.82) is 0 Å². The predicted molar refractivity (Wildman–Crippen MR) is 102 cm³/mol. The lowest BCUT2D eigenvalue weighted by Gasteiger charge is -2.25. The molecule has 1 amide bonds. The topological polar surface area (TPSA) is 67.8 Å². The number of nitrogens with zero attached hydrogens (tertiary/aromatic N) is 2. The Kier molecular flexibility index (Phi) is 5.79. The highest BCUT2D eigenvalue weighted by molar-refractivity contribution is 7.88. The van der Waals surface area contributed by atoms with E-state index < -0.39 is 29.1 Å². The van der Waals surface area contributed by atoms with Gasteiger partial charge in [0.05, 0.1) is 11.6 Å². The average Bonchev–Trinajstić information content (AvgIpc) is 2.64. The molecule has 0 saturated heterocycles. The third kappa shape index (κ3) is 4.29. The van der Waals surface area contributed by atoms with Crippen molar-refractivity contribution < 1.29 is 18.1 Å². The summed E-state index contributed by atoms with van der Waals surface area (Å²) in [4.78, 5) is 12.7. The molecule has 27 heavy (non-hydrogen) atoms. The van der Waals surface area contributed by atoms with Crippen LogP contribution in [0.2, 0.25) is 5.02 Å². The second kappa shape index (κ2) is 8.08. The van der Waals surface area contributed by atoms with Crippen LogP contribution in [0.4, 0.5) is 14.5 Å². The Morgan fingerprint density at radius 3 is 2.59 bits per heavy atom. The quantitative estimate of drug-likeness (QED) is 0.780. The van der Waals surface area contributed by atoms with Gasteiger partial charge in [-0.25, -0.2) is 8.78 Å². The summed E-state index contributed by atoms with van der Waals surface area (Å²) in [7, 11) is 0. The Morgan fingerprint density at radius 1 is 1.26 bits per heavy atom. The lowest BCUT2D eigenvalue weighted by atomic mass is 10.1. The van der Waals surface area contributed by atoms with Gasteiger partial charge in [-0.1, -0.05) is 11.6 Å². The Balaban J connectivity index is 1.91. The largest absolute Gasteiger partial charge is 0.566 e. The maximum atomic E-state index is 13.3. The molecule has 3 rings (SSSR count). The zero-order valence-electron chi connectivity index (χ0n) is 14.1. The van der Waals surface area contributed by atoms with Crippen LogP contribution in [0.1, 0.15) is 12.5 Å². The molecule has 0 aromatic heterocycles. The Labute approximate surface area is 162 Å². The summed E-state index contributed by atoms with van der Waals surface area (Å²) in [5, 5.41) is 2.47. The Morgan fingerprint density at radius 2 is 1.96 bits per heavy atom. The minimum atomic E-state index is -1.82. The molecule has 0 fully saturated rings. The maximum absolute atomic E-state index is 13.3. The van der Waals surface area contributed by atoms with E-state index in [0.717, 1.165) is 6.07 Å². The average molecular weight is 410 g/mol. The number of anilines is 1. The molecule has 0 aliphatic carbocycles. The smallest absolute Gasteiger partial charge is 0.276 e. The van der Waals surface area contributed by atoms with Gasteiger partial charge in [-0.3, -0.25) is 4.79 Å². The van der Waals surface area contributed by atoms with E-state index in [4.69, 9.17) is 11.6 Å². The van der Waals surface area contributed by atoms with Gasteiger partial charge in [0, 0.05) is 17.3 Å². The van der Waals surface area contributed by atoms with Gasteiger partial charge in [0.1, 0.15) is 17.3 Å². The number of rotatable bonds is 4. The molecular weight excluding hydrogens is 396 g/mol. The number of carbonyl (C=O) groups excluding carboxylic acids is 1. The SMILES string of the molecule is CCN1C(C(=O)Nc2ccc(F)c(Cl)c2)=CC(c2ccc(F)cc2)=N[S+]1[O-]. The molecule has 0 saturated carbocycles. The van der Waals surface area contributed by atoms with E-state index in [0.29, 0.717) is 17.0 Å². The number of hydrogen-bond donors (Lipinski definition) is 1. The van der Waals surface area contributed by atoms with E-state index in [1.165, 1.54) is 46.8 Å². The van der Waals surface area contributed by atoms with Crippen molar-refractivity contribution in [2.45, 2.75) is 6.92 Å². The zero-order chi connectivity index (χ0) is 19.6. The first kappa shape index (κ1) is 19.3. The fraction of sp³-hybridized carbons (Fsp3) is 0.111. The van der Waals surface area contributed by atoms with Gasteiger partial charge in [-0.05, 0) is 53.8 Å². The lowest BCUT2D eigenvalue weighted by molar-refractivity contribution is -0.113. The molecule has 0 spiro atoms. The van der Waals surface area contributed by atoms with Crippen LogP contribution < -0.4 is 5.32 Å². The molecule has 1 unspecified atom stereocenters. The second-order valence-corrected chi connectivity index (χ2v) is 7.01. The molecule has 1 aliphatic heterocycles. The molecule has 9 heteroatoms. The van der Waals surface area contributed by atoms with Gasteiger partial charge in [0.2, 0.25) is 11.5 Å². The molecular formula is C18H14ClF2N3O2S. The number of hydrogen-bond acceptors (Lipinski definition) is 4. The van der Waals surface area contributed by atoms with Crippen molar-refractivity contribution in [3.63, 3.8) is 0 Å². The molecule has 140 valence electrons. The van der Waals surface area contributed by atoms with Crippen molar-refractivity contribution in [1.82, 2.24) is 4.31 Å². The summed E-state index contributed by atoms with van der Waals surface area (Å²) >= 11 is 3.91. The number of carbonyl (C=O) groups is 1. The molecule has 2 aromatic carbocycles. The van der Waals surface area contributed by atoms with E-state index in [1.54, 1.807) is 6.92 Å². The van der Waals surface area contributed by atoms with Gasteiger partial charge < -0.3 is 9.87 Å². The molecule has 1 N–H and O–H groups in total. The summed E-state index contributed by atoms with van der Waals surface area (Å²) in [5.41, 5.74) is 1.22. The van der Waals surface area contributed by atoms with Crippen LogP contribution in [0.25, 0.3) is 0 Å². The van der Waals surface area contributed by atoms with Crippen molar-refractivity contribution in [3.05, 3.63) is 76.5 Å². The fourth-order valence-corrected chi connectivity index (χ4v) is 3.56. The molecule has 1 aliphatic rings. The monoisotopic (exact) mass is 409 g/mol. The molecule has 0 radical (unpaired) electrons. The third-order valence-electron chi connectivity index (χ3n) is 3.74. The van der Waals surface area contributed by atoms with Crippen LogP contribution in [0.15, 0.2) is 58.6 Å². The van der Waals surface area contributed by atoms with Gasteiger partial charge in [0.15, 0.2) is 5.70 Å². The molecule has 2 aromatic rings. The third-order valence-corrected chi connectivity index (χ3v) is 5.22. The molecule has 0 bridgehead atoms. The predicted octanol–water partition coefficient (Wildman–Crippen LogP) is 3.84. The van der Waals surface area contributed by atoms with Gasteiger partial charge >= 0.3 is 0 Å². The first-order valence-corrected chi connectivity index (χ1v) is 9.35. The number of allylic oxidation sites excluding steroid dienone is 1. The van der Waals surface area contributed by atoms with Crippen LogP contribution in [0, 0.1) is 11.6 Å². The lowest BCUT2D eigenvalue weighted by Crippen LogP contribution is -2.38. The number of nitrogens with one attached hydrogen (secondary N) is 1. The molecule has 5 nitrogen and oxygen atoms in total. The first-order chi connectivity index (χ1) is 12.9. The number of halogens is 3. The van der Waals surface area contributed by atoms with E-state index in [2.05, 4.69) is 9.71 Å². The fourth-order valence-electron chi connectivity index (χ4n) is 2.43. The van der Waals surface area contributed by atoms with E-state index in [1.807, 2.05) is 0 Å². The number of amides is 1. The van der Waals surface area contributed by atoms with E-state index in [-0.39, 0.29) is 17.3 Å². The van der Waals surface area contributed by atoms with Crippen LogP contribution in [-0.4, -0.2) is 27.0 Å². The normalized spacial score (nSPS) is 16.6. The zero-order valence-corrected chi connectivity index (χ0v) is 15.7. The van der Waals surface area contributed by atoms with Crippen LogP contribution >= 0.6 is 11.6 Å². The van der Waals surface area contributed by atoms with Crippen LogP contribution in [-0.2, 0) is 16.3 Å². The summed E-state index contributed by atoms with van der Waals surface area (Å²) in [5.74, 6) is -1.57. The maximum Gasteiger partial charge on any atom is 0.276 e. The minimum absolute atomic E-state index is 0.116. The summed E-state index contributed by atoms with van der Waals surface area (Å²) in [6.45, 7) is 2.00. The summed E-state index contributed by atoms with van der Waals surface area (Å²) in [6.07, 6.45) is 1.47. The Bertz CT molecular complexity index is 935. The first-order valence-electron chi connectivity index (χ1n) is 7.91. The highest BCUT2D eigenvalue weighted by Crippen LogP contribution is 2.24. The van der Waals surface area contributed by atoms with Crippen molar-refractivity contribution in [2.24, 2.45) is 4.40 Å². The van der Waals surface area contributed by atoms with Crippen molar-refractivity contribution >= 4 is 40.5 Å². The highest BCUT2D eigenvalue weighted by atomic mass is 35.5.